The van der Waals surface area contributed by atoms with Crippen molar-refractivity contribution in [2.24, 2.45) is 4.99 Å². The van der Waals surface area contributed by atoms with Crippen LogP contribution in [0.3, 0.4) is 0 Å². The zero-order valence-corrected chi connectivity index (χ0v) is 18.2. The van der Waals surface area contributed by atoms with Crippen LogP contribution in [-0.2, 0) is 0 Å². The van der Waals surface area contributed by atoms with Gasteiger partial charge in [-0.2, -0.15) is 0 Å². The second kappa shape index (κ2) is 13.0. The molecule has 0 spiro atoms. The topological polar surface area (TPSA) is 65.9 Å². The van der Waals surface area contributed by atoms with Gasteiger partial charge in [0, 0.05) is 13.1 Å². The molecule has 3 N–H and O–H groups in total. The number of benzene rings is 1. The molecule has 1 aliphatic carbocycles. The van der Waals surface area contributed by atoms with Crippen molar-refractivity contribution in [1.82, 2.24) is 10.6 Å². The summed E-state index contributed by atoms with van der Waals surface area (Å²) in [6.07, 6.45) is 7.87. The molecule has 26 heavy (non-hydrogen) atoms. The maximum Gasteiger partial charge on any atom is 0.191 e. The summed E-state index contributed by atoms with van der Waals surface area (Å²) < 4.78 is 5.20. The lowest BCUT2D eigenvalue weighted by Gasteiger charge is -2.16. The van der Waals surface area contributed by atoms with Crippen LogP contribution in [0.15, 0.2) is 40.9 Å². The van der Waals surface area contributed by atoms with Crippen LogP contribution in [0, 0.1) is 0 Å². The van der Waals surface area contributed by atoms with Crippen molar-refractivity contribution in [2.45, 2.75) is 45.1 Å². The van der Waals surface area contributed by atoms with Gasteiger partial charge >= 0.3 is 0 Å². The number of ether oxygens (including phenoxy) is 1. The number of aliphatic imine (C=N–C) groups is 1. The smallest absolute Gasteiger partial charge is 0.191 e. The SMILES string of the molecule is CCNC(=NCC(O)c1cccc(OC)c1)NCCC1=CCCCC1.I. The Bertz CT molecular complexity index is 590. The first kappa shape index (κ1) is 22.8. The molecule has 2 rings (SSSR count). The Morgan fingerprint density at radius 1 is 1.31 bits per heavy atom. The van der Waals surface area contributed by atoms with Crippen LogP contribution in [0.4, 0.5) is 0 Å². The predicted octanol–water partition coefficient (Wildman–Crippen LogP) is 3.79. The van der Waals surface area contributed by atoms with Gasteiger partial charge in [-0.25, -0.2) is 0 Å². The van der Waals surface area contributed by atoms with E-state index in [1.807, 2.05) is 31.2 Å². The summed E-state index contributed by atoms with van der Waals surface area (Å²) in [5.74, 6) is 1.49. The number of methoxy groups -OCH3 is 1. The van der Waals surface area contributed by atoms with E-state index in [1.165, 1.54) is 25.7 Å². The van der Waals surface area contributed by atoms with Gasteiger partial charge in [0.15, 0.2) is 5.96 Å². The van der Waals surface area contributed by atoms with Crippen LogP contribution in [0.2, 0.25) is 0 Å². The Kier molecular flexibility index (Phi) is 11.4. The molecule has 0 saturated carbocycles. The third-order valence-corrected chi connectivity index (χ3v) is 4.37. The fourth-order valence-electron chi connectivity index (χ4n) is 2.95. The fourth-order valence-corrected chi connectivity index (χ4v) is 2.95. The van der Waals surface area contributed by atoms with Crippen molar-refractivity contribution in [3.05, 3.63) is 41.5 Å². The minimum absolute atomic E-state index is 0. The average Bonchev–Trinajstić information content (AvgIpc) is 2.66. The zero-order chi connectivity index (χ0) is 17.9. The van der Waals surface area contributed by atoms with E-state index < -0.39 is 6.10 Å². The standard InChI is InChI=1S/C20H31N3O2.HI/c1-3-21-20(22-13-12-16-8-5-4-6-9-16)23-15-19(24)17-10-7-11-18(14-17)25-2;/h7-8,10-11,14,19,24H,3-6,9,12-13,15H2,1-2H3,(H2,21,22,23);1H. The van der Waals surface area contributed by atoms with Crippen LogP contribution < -0.4 is 15.4 Å². The monoisotopic (exact) mass is 473 g/mol. The highest BCUT2D eigenvalue weighted by molar-refractivity contribution is 14.0. The van der Waals surface area contributed by atoms with Crippen LogP contribution in [0.1, 0.15) is 50.7 Å². The number of aliphatic hydroxyl groups excluding tert-OH is 1. The van der Waals surface area contributed by atoms with Crippen molar-refractivity contribution in [2.75, 3.05) is 26.7 Å². The first-order valence-corrected chi connectivity index (χ1v) is 9.25. The number of guanidine groups is 1. The average molecular weight is 473 g/mol. The van der Waals surface area contributed by atoms with Crippen LogP contribution >= 0.6 is 24.0 Å². The highest BCUT2D eigenvalue weighted by Gasteiger charge is 2.09. The van der Waals surface area contributed by atoms with E-state index in [4.69, 9.17) is 4.74 Å². The number of nitrogens with zero attached hydrogens (tertiary/aromatic N) is 1. The van der Waals surface area contributed by atoms with E-state index in [2.05, 4.69) is 21.7 Å². The molecule has 146 valence electrons. The number of aliphatic hydroxyl groups is 1. The van der Waals surface area contributed by atoms with Crippen LogP contribution in [-0.4, -0.2) is 37.8 Å². The zero-order valence-electron chi connectivity index (χ0n) is 15.8. The van der Waals surface area contributed by atoms with Gasteiger partial charge in [-0.15, -0.1) is 24.0 Å². The van der Waals surface area contributed by atoms with E-state index in [1.54, 1.807) is 12.7 Å². The van der Waals surface area contributed by atoms with Crippen LogP contribution in [0.5, 0.6) is 5.75 Å². The minimum atomic E-state index is -0.647. The Morgan fingerprint density at radius 2 is 2.15 bits per heavy atom. The van der Waals surface area contributed by atoms with E-state index in [0.29, 0.717) is 6.54 Å². The van der Waals surface area contributed by atoms with Crippen molar-refractivity contribution in [1.29, 1.82) is 0 Å². The van der Waals surface area contributed by atoms with Gasteiger partial charge < -0.3 is 20.5 Å². The van der Waals surface area contributed by atoms with E-state index in [9.17, 15) is 5.11 Å². The molecule has 0 aromatic heterocycles. The third kappa shape index (κ3) is 7.95. The normalized spacial score (nSPS) is 15.5. The number of halogens is 1. The van der Waals surface area contributed by atoms with Gasteiger partial charge in [0.05, 0.1) is 19.8 Å². The Morgan fingerprint density at radius 3 is 2.85 bits per heavy atom. The molecule has 5 nitrogen and oxygen atoms in total. The van der Waals surface area contributed by atoms with Crippen molar-refractivity contribution in [3.8, 4) is 5.75 Å². The first-order chi connectivity index (χ1) is 12.2. The largest absolute Gasteiger partial charge is 0.497 e. The molecule has 0 heterocycles. The number of hydrogen-bond acceptors (Lipinski definition) is 3. The van der Waals surface area contributed by atoms with Crippen molar-refractivity contribution in [3.63, 3.8) is 0 Å². The summed E-state index contributed by atoms with van der Waals surface area (Å²) in [6.45, 7) is 4.02. The van der Waals surface area contributed by atoms with Crippen LogP contribution in [0.25, 0.3) is 0 Å². The molecule has 0 aliphatic heterocycles. The van der Waals surface area contributed by atoms with Gasteiger partial charge in [0.25, 0.3) is 0 Å². The number of allylic oxidation sites excluding steroid dienone is 1. The highest BCUT2D eigenvalue weighted by Crippen LogP contribution is 2.20. The Hall–Kier alpha value is -1.28. The quantitative estimate of drug-likeness (QED) is 0.233. The third-order valence-electron chi connectivity index (χ3n) is 4.37. The Labute approximate surface area is 174 Å². The molecular weight excluding hydrogens is 441 g/mol. The predicted molar refractivity (Wildman–Crippen MR) is 119 cm³/mol. The summed E-state index contributed by atoms with van der Waals surface area (Å²) in [4.78, 5) is 4.51. The summed E-state index contributed by atoms with van der Waals surface area (Å²) in [5, 5.41) is 17.0. The first-order valence-electron chi connectivity index (χ1n) is 9.25. The number of hydrogen-bond donors (Lipinski definition) is 3. The molecular formula is C20H32IN3O2. The summed E-state index contributed by atoms with van der Waals surface area (Å²) in [7, 11) is 1.62. The van der Waals surface area contributed by atoms with Gasteiger partial charge in [-0.05, 0) is 56.7 Å². The van der Waals surface area contributed by atoms with Crippen molar-refractivity contribution < 1.29 is 9.84 Å². The van der Waals surface area contributed by atoms with E-state index in [0.717, 1.165) is 36.8 Å². The van der Waals surface area contributed by atoms with E-state index in [-0.39, 0.29) is 24.0 Å². The molecule has 0 radical (unpaired) electrons. The van der Waals surface area contributed by atoms with Gasteiger partial charge in [-0.3, -0.25) is 4.99 Å². The Balaban J connectivity index is 0.00000338. The van der Waals surface area contributed by atoms with Gasteiger partial charge in [0.2, 0.25) is 0 Å². The minimum Gasteiger partial charge on any atom is -0.497 e. The fraction of sp³-hybridized carbons (Fsp3) is 0.550. The molecule has 1 aromatic rings. The maximum atomic E-state index is 10.4. The molecule has 1 aliphatic rings. The molecule has 0 amide bonds. The molecule has 0 saturated heterocycles. The lowest BCUT2D eigenvalue weighted by molar-refractivity contribution is 0.186. The lowest BCUT2D eigenvalue weighted by atomic mass is 9.97. The second-order valence-corrected chi connectivity index (χ2v) is 6.30. The molecule has 0 fully saturated rings. The molecule has 1 atom stereocenters. The second-order valence-electron chi connectivity index (χ2n) is 6.30. The molecule has 1 aromatic carbocycles. The van der Waals surface area contributed by atoms with Gasteiger partial charge in [0.1, 0.15) is 5.75 Å². The number of nitrogens with one attached hydrogen (secondary N) is 2. The van der Waals surface area contributed by atoms with E-state index >= 15 is 0 Å². The molecule has 6 heteroatoms. The highest BCUT2D eigenvalue weighted by atomic mass is 127. The maximum absolute atomic E-state index is 10.4. The summed E-state index contributed by atoms with van der Waals surface area (Å²) in [6, 6.07) is 7.47. The summed E-state index contributed by atoms with van der Waals surface area (Å²) >= 11 is 0. The van der Waals surface area contributed by atoms with Crippen molar-refractivity contribution >= 4 is 29.9 Å². The summed E-state index contributed by atoms with van der Waals surface area (Å²) in [5.41, 5.74) is 2.36. The lowest BCUT2D eigenvalue weighted by Crippen LogP contribution is -2.38. The van der Waals surface area contributed by atoms with Gasteiger partial charge in [-0.1, -0.05) is 23.8 Å². The molecule has 1 unspecified atom stereocenters. The molecule has 0 bridgehead atoms. The number of rotatable bonds is 8.